The van der Waals surface area contributed by atoms with Crippen LogP contribution in [0.4, 0.5) is 5.82 Å². The average Bonchev–Trinajstić information content (AvgIpc) is 2.81. The van der Waals surface area contributed by atoms with Crippen LogP contribution in [0.25, 0.3) is 0 Å². The predicted molar refractivity (Wildman–Crippen MR) is 73.2 cm³/mol. The van der Waals surface area contributed by atoms with Gasteiger partial charge in [-0.05, 0) is 35.7 Å². The molecule has 2 heterocycles. The van der Waals surface area contributed by atoms with Crippen LogP contribution < -0.4 is 10.6 Å². The number of aryl methyl sites for hydroxylation is 1. The molecule has 2 aromatic rings. The maximum atomic E-state index is 5.72. The first-order valence-corrected chi connectivity index (χ1v) is 6.25. The minimum atomic E-state index is 0.567. The van der Waals surface area contributed by atoms with Crippen molar-refractivity contribution in [1.82, 2.24) is 4.98 Å². The molecule has 0 radical (unpaired) electrons. The number of pyridine rings is 1. The predicted octanol–water partition coefficient (Wildman–Crippen LogP) is 2.37. The Morgan fingerprint density at radius 2 is 1.83 bits per heavy atom. The van der Waals surface area contributed by atoms with Gasteiger partial charge in [-0.3, -0.25) is 0 Å². The zero-order valence-electron chi connectivity index (χ0n) is 10.6. The molecule has 18 heavy (non-hydrogen) atoms. The van der Waals surface area contributed by atoms with E-state index in [1.165, 1.54) is 11.1 Å². The van der Waals surface area contributed by atoms with Gasteiger partial charge in [0.15, 0.2) is 0 Å². The molecule has 0 spiro atoms. The largest absolute Gasteiger partial charge is 0.348 e. The molecule has 0 fully saturated rings. The Labute approximate surface area is 107 Å². The van der Waals surface area contributed by atoms with Crippen molar-refractivity contribution in [3.63, 3.8) is 0 Å². The van der Waals surface area contributed by atoms with Crippen LogP contribution in [0.2, 0.25) is 0 Å². The van der Waals surface area contributed by atoms with Gasteiger partial charge in [0.2, 0.25) is 0 Å². The molecular formula is C15H17N3. The van der Waals surface area contributed by atoms with E-state index in [1.54, 1.807) is 0 Å². The summed E-state index contributed by atoms with van der Waals surface area (Å²) in [6, 6.07) is 12.7. The Morgan fingerprint density at radius 3 is 2.44 bits per heavy atom. The van der Waals surface area contributed by atoms with Crippen LogP contribution in [-0.2, 0) is 19.6 Å². The normalized spacial score (nSPS) is 13.8. The summed E-state index contributed by atoms with van der Waals surface area (Å²) in [4.78, 5) is 6.92. The monoisotopic (exact) mass is 239 g/mol. The van der Waals surface area contributed by atoms with Gasteiger partial charge in [0, 0.05) is 25.3 Å². The first-order valence-electron chi connectivity index (χ1n) is 6.25. The van der Waals surface area contributed by atoms with Gasteiger partial charge in [-0.25, -0.2) is 4.98 Å². The maximum absolute atomic E-state index is 5.72. The molecule has 0 atom stereocenters. The standard InChI is InChI=1S/C15H17N3/c1-11-6-12(8-16)7-15(17-11)18-9-13-4-2-3-5-14(13)10-18/h2-7H,8-10,16H2,1H3. The highest BCUT2D eigenvalue weighted by atomic mass is 15.2. The molecule has 0 saturated carbocycles. The highest BCUT2D eigenvalue weighted by Gasteiger charge is 2.19. The second kappa shape index (κ2) is 4.42. The maximum Gasteiger partial charge on any atom is 0.129 e. The minimum absolute atomic E-state index is 0.567. The quantitative estimate of drug-likeness (QED) is 0.874. The summed E-state index contributed by atoms with van der Waals surface area (Å²) >= 11 is 0. The van der Waals surface area contributed by atoms with Crippen LogP contribution in [0.3, 0.4) is 0 Å². The third kappa shape index (κ3) is 1.97. The van der Waals surface area contributed by atoms with Crippen molar-refractivity contribution in [2.24, 2.45) is 5.73 Å². The number of anilines is 1. The van der Waals surface area contributed by atoms with Gasteiger partial charge in [-0.15, -0.1) is 0 Å². The number of hydrogen-bond acceptors (Lipinski definition) is 3. The van der Waals surface area contributed by atoms with Gasteiger partial charge >= 0.3 is 0 Å². The molecule has 0 bridgehead atoms. The summed E-state index contributed by atoms with van der Waals surface area (Å²) in [5.74, 6) is 1.03. The summed E-state index contributed by atoms with van der Waals surface area (Å²) in [7, 11) is 0. The van der Waals surface area contributed by atoms with Crippen molar-refractivity contribution < 1.29 is 0 Å². The summed E-state index contributed by atoms with van der Waals surface area (Å²) in [6.07, 6.45) is 0. The van der Waals surface area contributed by atoms with Gasteiger partial charge in [0.25, 0.3) is 0 Å². The molecule has 3 nitrogen and oxygen atoms in total. The molecule has 1 aliphatic rings. The lowest BCUT2D eigenvalue weighted by Gasteiger charge is -2.18. The summed E-state index contributed by atoms with van der Waals surface area (Å²) in [5.41, 5.74) is 10.7. The Kier molecular flexibility index (Phi) is 2.76. The molecule has 0 saturated heterocycles. The van der Waals surface area contributed by atoms with E-state index >= 15 is 0 Å². The molecule has 0 aliphatic carbocycles. The fourth-order valence-electron chi connectivity index (χ4n) is 2.50. The molecule has 3 heteroatoms. The molecule has 3 rings (SSSR count). The second-order valence-electron chi connectivity index (χ2n) is 4.80. The Hall–Kier alpha value is -1.87. The summed E-state index contributed by atoms with van der Waals surface area (Å²) in [5, 5.41) is 0. The van der Waals surface area contributed by atoms with Gasteiger partial charge < -0.3 is 10.6 Å². The van der Waals surface area contributed by atoms with Crippen molar-refractivity contribution in [3.8, 4) is 0 Å². The molecule has 0 unspecified atom stereocenters. The van der Waals surface area contributed by atoms with E-state index < -0.39 is 0 Å². The number of hydrogen-bond donors (Lipinski definition) is 1. The number of aromatic nitrogens is 1. The lowest BCUT2D eigenvalue weighted by atomic mass is 10.1. The third-order valence-electron chi connectivity index (χ3n) is 3.40. The van der Waals surface area contributed by atoms with Crippen LogP contribution in [0.5, 0.6) is 0 Å². The molecule has 2 N–H and O–H groups in total. The lowest BCUT2D eigenvalue weighted by Crippen LogP contribution is -2.17. The van der Waals surface area contributed by atoms with Crippen molar-refractivity contribution >= 4 is 5.82 Å². The zero-order chi connectivity index (χ0) is 12.5. The zero-order valence-corrected chi connectivity index (χ0v) is 10.6. The van der Waals surface area contributed by atoms with Gasteiger partial charge in [-0.2, -0.15) is 0 Å². The van der Waals surface area contributed by atoms with Gasteiger partial charge in [-0.1, -0.05) is 24.3 Å². The van der Waals surface area contributed by atoms with E-state index in [1.807, 2.05) is 13.0 Å². The van der Waals surface area contributed by atoms with E-state index in [9.17, 15) is 0 Å². The number of rotatable bonds is 2. The highest BCUT2D eigenvalue weighted by Crippen LogP contribution is 2.27. The number of benzene rings is 1. The topological polar surface area (TPSA) is 42.1 Å². The Balaban J connectivity index is 1.92. The van der Waals surface area contributed by atoms with Crippen molar-refractivity contribution in [3.05, 3.63) is 58.8 Å². The molecule has 0 amide bonds. The molecule has 1 aromatic heterocycles. The average molecular weight is 239 g/mol. The van der Waals surface area contributed by atoms with E-state index in [0.717, 1.165) is 30.2 Å². The van der Waals surface area contributed by atoms with E-state index in [4.69, 9.17) is 5.73 Å². The molecule has 1 aliphatic heterocycles. The Morgan fingerprint density at radius 1 is 1.17 bits per heavy atom. The first kappa shape index (κ1) is 11.2. The number of nitrogens with two attached hydrogens (primary N) is 1. The first-order chi connectivity index (χ1) is 8.76. The van der Waals surface area contributed by atoms with Crippen molar-refractivity contribution in [2.75, 3.05) is 4.90 Å². The second-order valence-corrected chi connectivity index (χ2v) is 4.80. The van der Waals surface area contributed by atoms with Crippen molar-refractivity contribution in [1.29, 1.82) is 0 Å². The summed E-state index contributed by atoms with van der Waals surface area (Å²) < 4.78 is 0. The van der Waals surface area contributed by atoms with Crippen LogP contribution in [-0.4, -0.2) is 4.98 Å². The van der Waals surface area contributed by atoms with Gasteiger partial charge in [0.1, 0.15) is 5.82 Å². The smallest absolute Gasteiger partial charge is 0.129 e. The van der Waals surface area contributed by atoms with Crippen molar-refractivity contribution in [2.45, 2.75) is 26.6 Å². The van der Waals surface area contributed by atoms with E-state index in [2.05, 4.69) is 40.2 Å². The van der Waals surface area contributed by atoms with Crippen LogP contribution in [0, 0.1) is 6.92 Å². The highest BCUT2D eigenvalue weighted by molar-refractivity contribution is 5.49. The van der Waals surface area contributed by atoms with Gasteiger partial charge in [0.05, 0.1) is 0 Å². The molecule has 1 aromatic carbocycles. The number of fused-ring (bicyclic) bond motifs is 1. The lowest BCUT2D eigenvalue weighted by molar-refractivity contribution is 0.847. The molecular weight excluding hydrogens is 222 g/mol. The Bertz CT molecular complexity index is 553. The van der Waals surface area contributed by atoms with Crippen LogP contribution in [0.1, 0.15) is 22.4 Å². The van der Waals surface area contributed by atoms with E-state index in [0.29, 0.717) is 6.54 Å². The fourth-order valence-corrected chi connectivity index (χ4v) is 2.50. The molecule has 92 valence electrons. The van der Waals surface area contributed by atoms with E-state index in [-0.39, 0.29) is 0 Å². The van der Waals surface area contributed by atoms with Crippen LogP contribution >= 0.6 is 0 Å². The third-order valence-corrected chi connectivity index (χ3v) is 3.40. The van der Waals surface area contributed by atoms with Crippen LogP contribution in [0.15, 0.2) is 36.4 Å². The fraction of sp³-hybridized carbons (Fsp3) is 0.267. The number of nitrogens with zero attached hydrogens (tertiary/aromatic N) is 2. The summed E-state index contributed by atoms with van der Waals surface area (Å²) in [6.45, 7) is 4.47. The SMILES string of the molecule is Cc1cc(CN)cc(N2Cc3ccccc3C2)n1. The minimum Gasteiger partial charge on any atom is -0.348 e.